The van der Waals surface area contributed by atoms with Gasteiger partial charge in [0.2, 0.25) is 10.0 Å². The zero-order valence-corrected chi connectivity index (χ0v) is 17.8. The molecule has 3 aliphatic carbocycles. The minimum atomic E-state index is -3.51. The Balaban J connectivity index is 1.54. The molecule has 2 fully saturated rings. The molecular formula is C22H32N2O3S. The van der Waals surface area contributed by atoms with E-state index in [0.29, 0.717) is 29.3 Å². The number of sulfonamides is 1. The van der Waals surface area contributed by atoms with Gasteiger partial charge in [0.25, 0.3) is 0 Å². The predicted octanol–water partition coefficient (Wildman–Crippen LogP) is 3.00. The van der Waals surface area contributed by atoms with Crippen molar-refractivity contribution in [2.24, 2.45) is 17.3 Å². The fourth-order valence-electron chi connectivity index (χ4n) is 4.96. The number of hydrogen-bond donors (Lipinski definition) is 0. The topological polar surface area (TPSA) is 49.9 Å². The van der Waals surface area contributed by atoms with Crippen LogP contribution in [0.25, 0.3) is 0 Å². The second kappa shape index (κ2) is 7.90. The maximum absolute atomic E-state index is 13.4. The molecule has 0 amide bonds. The summed E-state index contributed by atoms with van der Waals surface area (Å²) in [5.41, 5.74) is 1.62. The maximum atomic E-state index is 13.4. The van der Waals surface area contributed by atoms with Gasteiger partial charge in [-0.25, -0.2) is 8.42 Å². The van der Waals surface area contributed by atoms with Gasteiger partial charge in [0.05, 0.1) is 18.1 Å². The molecule has 1 heterocycles. The summed E-state index contributed by atoms with van der Waals surface area (Å²) in [4.78, 5) is 2.69. The summed E-state index contributed by atoms with van der Waals surface area (Å²) in [6, 6.07) is 8.86. The normalized spacial score (nSPS) is 27.3. The number of morpholine rings is 1. The van der Waals surface area contributed by atoms with Gasteiger partial charge in [-0.15, -0.1) is 0 Å². The van der Waals surface area contributed by atoms with Crippen molar-refractivity contribution in [1.29, 1.82) is 0 Å². The molecule has 6 heteroatoms. The Labute approximate surface area is 169 Å². The summed E-state index contributed by atoms with van der Waals surface area (Å²) in [5, 5.41) is 0. The van der Waals surface area contributed by atoms with Crippen LogP contribution in [0.4, 0.5) is 0 Å². The fraction of sp³-hybridized carbons (Fsp3) is 0.636. The first-order valence-electron chi connectivity index (χ1n) is 10.4. The minimum absolute atomic E-state index is 0.302. The van der Waals surface area contributed by atoms with Crippen LogP contribution in [0.5, 0.6) is 0 Å². The Hall–Kier alpha value is -1.21. The molecule has 0 radical (unpaired) electrons. The van der Waals surface area contributed by atoms with Crippen molar-refractivity contribution >= 4 is 10.0 Å². The van der Waals surface area contributed by atoms with Crippen LogP contribution in [0.3, 0.4) is 0 Å². The van der Waals surface area contributed by atoms with Gasteiger partial charge in [-0.3, -0.25) is 4.90 Å². The zero-order chi connectivity index (χ0) is 19.8. The van der Waals surface area contributed by atoms with E-state index in [0.717, 1.165) is 45.2 Å². The lowest BCUT2D eigenvalue weighted by Crippen LogP contribution is -2.51. The number of nitrogens with zero attached hydrogens (tertiary/aromatic N) is 2. The molecule has 1 aromatic carbocycles. The summed E-state index contributed by atoms with van der Waals surface area (Å²) >= 11 is 0. The van der Waals surface area contributed by atoms with Crippen LogP contribution < -0.4 is 0 Å². The van der Waals surface area contributed by atoms with E-state index in [9.17, 15) is 8.42 Å². The second-order valence-electron chi connectivity index (χ2n) is 8.93. The highest BCUT2D eigenvalue weighted by molar-refractivity contribution is 7.89. The van der Waals surface area contributed by atoms with E-state index in [2.05, 4.69) is 24.8 Å². The molecule has 1 saturated carbocycles. The van der Waals surface area contributed by atoms with Gasteiger partial charge < -0.3 is 4.74 Å². The Morgan fingerprint density at radius 1 is 1.18 bits per heavy atom. The summed E-state index contributed by atoms with van der Waals surface area (Å²) in [6.45, 7) is 9.67. The van der Waals surface area contributed by atoms with E-state index >= 15 is 0 Å². The second-order valence-corrected chi connectivity index (χ2v) is 10.9. The molecule has 5 rings (SSSR count). The maximum Gasteiger partial charge on any atom is 0.243 e. The Kier molecular flexibility index (Phi) is 5.67. The van der Waals surface area contributed by atoms with Crippen LogP contribution in [0.15, 0.2) is 46.9 Å². The SMILES string of the molecule is CC1(C)C2CC=C(CN(CCN3CCOCC3)S(=O)(=O)c3ccccc3)C1C2. The molecule has 1 aliphatic heterocycles. The lowest BCUT2D eigenvalue weighted by Gasteiger charge is -2.57. The van der Waals surface area contributed by atoms with E-state index in [1.54, 1.807) is 28.6 Å². The van der Waals surface area contributed by atoms with Crippen molar-refractivity contribution < 1.29 is 13.2 Å². The van der Waals surface area contributed by atoms with Gasteiger partial charge in [0, 0.05) is 32.7 Å². The third-order valence-electron chi connectivity index (χ3n) is 7.09. The third-order valence-corrected chi connectivity index (χ3v) is 8.95. The van der Waals surface area contributed by atoms with Gasteiger partial charge >= 0.3 is 0 Å². The number of hydrogen-bond acceptors (Lipinski definition) is 4. The molecule has 0 aromatic heterocycles. The van der Waals surface area contributed by atoms with Gasteiger partial charge in [0.1, 0.15) is 0 Å². The highest BCUT2D eigenvalue weighted by atomic mass is 32.2. The van der Waals surface area contributed by atoms with Crippen molar-refractivity contribution in [3.05, 3.63) is 42.0 Å². The quantitative estimate of drug-likeness (QED) is 0.656. The summed E-state index contributed by atoms with van der Waals surface area (Å²) in [6.07, 6.45) is 4.61. The smallest absolute Gasteiger partial charge is 0.243 e. The monoisotopic (exact) mass is 404 g/mol. The molecule has 154 valence electrons. The van der Waals surface area contributed by atoms with Gasteiger partial charge in [0.15, 0.2) is 0 Å². The molecule has 1 aromatic rings. The van der Waals surface area contributed by atoms with Crippen LogP contribution in [0.1, 0.15) is 26.7 Å². The summed E-state index contributed by atoms with van der Waals surface area (Å²) < 4.78 is 34.0. The van der Waals surface area contributed by atoms with Crippen LogP contribution in [0.2, 0.25) is 0 Å². The molecule has 2 bridgehead atoms. The number of rotatable bonds is 7. The van der Waals surface area contributed by atoms with Crippen molar-refractivity contribution in [2.45, 2.75) is 31.6 Å². The van der Waals surface area contributed by atoms with Crippen LogP contribution in [-0.4, -0.2) is 63.6 Å². The van der Waals surface area contributed by atoms with E-state index in [1.165, 1.54) is 12.0 Å². The molecule has 0 spiro atoms. The van der Waals surface area contributed by atoms with Crippen LogP contribution in [0, 0.1) is 17.3 Å². The molecule has 2 atom stereocenters. The standard InChI is InChI=1S/C22H32N2O3S/c1-22(2)19-9-8-18(21(22)16-19)17-24(11-10-23-12-14-27-15-13-23)28(25,26)20-6-4-3-5-7-20/h3-8,19,21H,9-17H2,1-2H3. The van der Waals surface area contributed by atoms with Crippen molar-refractivity contribution in [3.8, 4) is 0 Å². The fourth-order valence-corrected chi connectivity index (χ4v) is 6.40. The predicted molar refractivity (Wildman–Crippen MR) is 111 cm³/mol. The molecule has 5 nitrogen and oxygen atoms in total. The van der Waals surface area contributed by atoms with Gasteiger partial charge in [-0.2, -0.15) is 4.31 Å². The molecule has 4 aliphatic rings. The van der Waals surface area contributed by atoms with E-state index in [-0.39, 0.29) is 0 Å². The van der Waals surface area contributed by atoms with Gasteiger partial charge in [-0.1, -0.05) is 43.7 Å². The average molecular weight is 405 g/mol. The van der Waals surface area contributed by atoms with Crippen molar-refractivity contribution in [2.75, 3.05) is 45.9 Å². The van der Waals surface area contributed by atoms with Crippen molar-refractivity contribution in [3.63, 3.8) is 0 Å². The lowest BCUT2D eigenvalue weighted by molar-refractivity contribution is -0.00921. The Bertz CT molecular complexity index is 813. The van der Waals surface area contributed by atoms with E-state index in [1.807, 2.05) is 6.07 Å². The summed E-state index contributed by atoms with van der Waals surface area (Å²) in [5.74, 6) is 1.27. The van der Waals surface area contributed by atoms with Gasteiger partial charge in [-0.05, 0) is 42.2 Å². The number of benzene rings is 1. The van der Waals surface area contributed by atoms with E-state index in [4.69, 9.17) is 4.74 Å². The Morgan fingerprint density at radius 3 is 2.54 bits per heavy atom. The molecule has 1 saturated heterocycles. The Morgan fingerprint density at radius 2 is 1.89 bits per heavy atom. The molecule has 28 heavy (non-hydrogen) atoms. The lowest BCUT2D eigenvalue weighted by atomic mass is 9.49. The molecule has 0 N–H and O–H groups in total. The highest BCUT2D eigenvalue weighted by Crippen LogP contribution is 2.59. The first kappa shape index (κ1) is 20.1. The first-order chi connectivity index (χ1) is 13.4. The third kappa shape index (κ3) is 3.80. The minimum Gasteiger partial charge on any atom is -0.379 e. The van der Waals surface area contributed by atoms with Crippen LogP contribution in [-0.2, 0) is 14.8 Å². The zero-order valence-electron chi connectivity index (χ0n) is 17.0. The summed E-state index contributed by atoms with van der Waals surface area (Å²) in [7, 11) is -3.51. The van der Waals surface area contributed by atoms with E-state index < -0.39 is 10.0 Å². The molecular weight excluding hydrogens is 372 g/mol. The number of fused-ring (bicyclic) bond motifs is 1. The largest absolute Gasteiger partial charge is 0.379 e. The highest BCUT2D eigenvalue weighted by Gasteiger charge is 2.51. The van der Waals surface area contributed by atoms with Crippen molar-refractivity contribution in [1.82, 2.24) is 9.21 Å². The first-order valence-corrected chi connectivity index (χ1v) is 11.9. The molecule has 2 unspecified atom stereocenters. The number of allylic oxidation sites excluding steroid dienone is 1. The van der Waals surface area contributed by atoms with Crippen LogP contribution >= 0.6 is 0 Å². The number of ether oxygens (including phenoxy) is 1. The average Bonchev–Trinajstić information content (AvgIpc) is 2.72.